The van der Waals surface area contributed by atoms with Crippen molar-refractivity contribution in [1.82, 2.24) is 9.55 Å². The Kier molecular flexibility index (Phi) is 6.34. The second-order valence-corrected chi connectivity index (χ2v) is 7.83. The van der Waals surface area contributed by atoms with Gasteiger partial charge in [-0.05, 0) is 25.3 Å². The van der Waals surface area contributed by atoms with Gasteiger partial charge in [-0.15, -0.1) is 0 Å². The molecule has 1 aromatic rings. The third-order valence-corrected chi connectivity index (χ3v) is 6.05. The number of anilines is 1. The zero-order valence-corrected chi connectivity index (χ0v) is 15.2. The Morgan fingerprint density at radius 3 is 2.60 bits per heavy atom. The van der Waals surface area contributed by atoms with Crippen LogP contribution in [0.1, 0.15) is 25.3 Å². The Morgan fingerprint density at radius 1 is 1.36 bits per heavy atom. The quantitative estimate of drug-likeness (QED) is 0.545. The highest BCUT2D eigenvalue weighted by molar-refractivity contribution is 7.55. The van der Waals surface area contributed by atoms with Gasteiger partial charge in [0.15, 0.2) is 0 Å². The van der Waals surface area contributed by atoms with Gasteiger partial charge in [0.1, 0.15) is 5.82 Å². The lowest BCUT2D eigenvalue weighted by Crippen LogP contribution is -2.31. The summed E-state index contributed by atoms with van der Waals surface area (Å²) < 4.78 is 34.0. The average molecular weight is 375 g/mol. The van der Waals surface area contributed by atoms with Crippen molar-refractivity contribution < 1.29 is 27.9 Å². The van der Waals surface area contributed by atoms with Gasteiger partial charge in [0.25, 0.3) is 5.85 Å². The second kappa shape index (κ2) is 8.09. The number of nitrogens with two attached hydrogens (primary N) is 1. The van der Waals surface area contributed by atoms with E-state index in [1.54, 1.807) is 6.20 Å². The highest BCUT2D eigenvalue weighted by Crippen LogP contribution is 2.53. The fourth-order valence-corrected chi connectivity index (χ4v) is 4.02. The van der Waals surface area contributed by atoms with Gasteiger partial charge in [-0.1, -0.05) is 0 Å². The zero-order valence-electron chi connectivity index (χ0n) is 14.3. The van der Waals surface area contributed by atoms with E-state index in [0.29, 0.717) is 19.3 Å². The van der Waals surface area contributed by atoms with Crippen molar-refractivity contribution in [2.45, 2.75) is 37.3 Å². The SMILES string of the molecule is COC(=O)C(O[C@@H]1CC[C@H](n2ccc(N)nc2=O)C1)P(=O)(OC)OC. The molecule has 0 spiro atoms. The maximum Gasteiger partial charge on any atom is 0.370 e. The lowest BCUT2D eigenvalue weighted by atomic mass is 10.2. The molecule has 0 aromatic carbocycles. The summed E-state index contributed by atoms with van der Waals surface area (Å²) >= 11 is 0. The van der Waals surface area contributed by atoms with E-state index >= 15 is 0 Å². The number of carbonyl (C=O) groups is 1. The summed E-state index contributed by atoms with van der Waals surface area (Å²) in [6.07, 6.45) is 2.78. The number of ether oxygens (including phenoxy) is 2. The molecule has 1 fully saturated rings. The van der Waals surface area contributed by atoms with Gasteiger partial charge in [0.05, 0.1) is 13.2 Å². The normalized spacial score (nSPS) is 21.9. The average Bonchev–Trinajstić information content (AvgIpc) is 3.06. The Hall–Kier alpha value is -1.74. The Balaban J connectivity index is 2.13. The monoisotopic (exact) mass is 375 g/mol. The summed E-state index contributed by atoms with van der Waals surface area (Å²) in [6, 6.07) is 1.38. The number of methoxy groups -OCH3 is 1. The van der Waals surface area contributed by atoms with E-state index in [1.165, 1.54) is 24.9 Å². The molecule has 1 heterocycles. The summed E-state index contributed by atoms with van der Waals surface area (Å²) in [7, 11) is -0.326. The van der Waals surface area contributed by atoms with Crippen LogP contribution in [0.5, 0.6) is 0 Å². The minimum atomic E-state index is -3.82. The first-order chi connectivity index (χ1) is 11.8. The standard InChI is InChI=1S/C14H22N3O7P/c1-21-12(18)13(25(20,22-2)23-3)24-10-5-4-9(8-10)17-7-6-11(15)16-14(17)19/h6-7,9-10,13H,4-5,8H2,1-3H3,(H2,15,16,19)/t9-,10+,13?/m0/s1. The highest BCUT2D eigenvalue weighted by Gasteiger charge is 2.45. The molecule has 0 saturated heterocycles. The molecule has 0 radical (unpaired) electrons. The van der Waals surface area contributed by atoms with Crippen molar-refractivity contribution >= 4 is 19.4 Å². The van der Waals surface area contributed by atoms with E-state index in [4.69, 9.17) is 19.5 Å². The molecule has 10 nitrogen and oxygen atoms in total. The lowest BCUT2D eigenvalue weighted by Gasteiger charge is -2.25. The Morgan fingerprint density at radius 2 is 2.04 bits per heavy atom. The van der Waals surface area contributed by atoms with E-state index in [0.717, 1.165) is 7.11 Å². The number of aromatic nitrogens is 2. The van der Waals surface area contributed by atoms with Gasteiger partial charge in [-0.3, -0.25) is 9.13 Å². The summed E-state index contributed by atoms with van der Waals surface area (Å²) in [6.45, 7) is 0. The molecular weight excluding hydrogens is 353 g/mol. The molecule has 3 atom stereocenters. The van der Waals surface area contributed by atoms with Crippen LogP contribution in [0.2, 0.25) is 0 Å². The van der Waals surface area contributed by atoms with Crippen LogP contribution in [0.25, 0.3) is 0 Å². The van der Waals surface area contributed by atoms with E-state index in [-0.39, 0.29) is 11.9 Å². The largest absolute Gasteiger partial charge is 0.467 e. The number of carbonyl (C=O) groups excluding carboxylic acids is 1. The molecule has 1 saturated carbocycles. The number of hydrogen-bond donors (Lipinski definition) is 1. The predicted octanol–water partition coefficient (Wildman–Crippen LogP) is 0.921. The number of nitrogens with zero attached hydrogens (tertiary/aromatic N) is 2. The Bertz CT molecular complexity index is 715. The number of hydrogen-bond acceptors (Lipinski definition) is 9. The van der Waals surface area contributed by atoms with Crippen LogP contribution in [0.3, 0.4) is 0 Å². The maximum absolute atomic E-state index is 12.5. The van der Waals surface area contributed by atoms with Crippen LogP contribution in [-0.2, 0) is 27.9 Å². The molecule has 1 unspecified atom stereocenters. The van der Waals surface area contributed by atoms with Crippen LogP contribution in [0.4, 0.5) is 5.82 Å². The fraction of sp³-hybridized carbons (Fsp3) is 0.643. The minimum Gasteiger partial charge on any atom is -0.467 e. The summed E-state index contributed by atoms with van der Waals surface area (Å²) in [5.41, 5.74) is 5.04. The smallest absolute Gasteiger partial charge is 0.370 e. The molecule has 11 heteroatoms. The van der Waals surface area contributed by atoms with Gasteiger partial charge in [0, 0.05) is 26.5 Å². The predicted molar refractivity (Wildman–Crippen MR) is 88.1 cm³/mol. The van der Waals surface area contributed by atoms with Crippen molar-refractivity contribution in [1.29, 1.82) is 0 Å². The van der Waals surface area contributed by atoms with Crippen LogP contribution in [0.15, 0.2) is 17.1 Å². The van der Waals surface area contributed by atoms with Crippen molar-refractivity contribution in [3.8, 4) is 0 Å². The third-order valence-electron chi connectivity index (χ3n) is 4.12. The van der Waals surface area contributed by atoms with Gasteiger partial charge in [0.2, 0.25) is 0 Å². The van der Waals surface area contributed by atoms with Gasteiger partial charge < -0.3 is 24.3 Å². The molecule has 0 bridgehead atoms. The minimum absolute atomic E-state index is 0.152. The van der Waals surface area contributed by atoms with Gasteiger partial charge in [-0.2, -0.15) is 4.98 Å². The van der Waals surface area contributed by atoms with Crippen molar-refractivity contribution in [3.05, 3.63) is 22.7 Å². The molecule has 140 valence electrons. The van der Waals surface area contributed by atoms with Crippen molar-refractivity contribution in [2.24, 2.45) is 0 Å². The van der Waals surface area contributed by atoms with Gasteiger partial charge in [-0.25, -0.2) is 9.59 Å². The highest BCUT2D eigenvalue weighted by atomic mass is 31.2. The molecule has 1 aliphatic carbocycles. The molecule has 1 aromatic heterocycles. The van der Waals surface area contributed by atoms with Crippen LogP contribution in [0, 0.1) is 0 Å². The molecule has 1 aliphatic rings. The van der Waals surface area contributed by atoms with E-state index in [1.807, 2.05) is 0 Å². The molecular formula is C14H22N3O7P. The van der Waals surface area contributed by atoms with Gasteiger partial charge >= 0.3 is 19.3 Å². The molecule has 25 heavy (non-hydrogen) atoms. The van der Waals surface area contributed by atoms with Crippen LogP contribution in [-0.4, -0.2) is 48.8 Å². The molecule has 2 rings (SSSR count). The summed E-state index contributed by atoms with van der Waals surface area (Å²) in [4.78, 5) is 27.6. The Labute approximate surface area is 144 Å². The molecule has 2 N–H and O–H groups in total. The van der Waals surface area contributed by atoms with E-state index in [9.17, 15) is 14.2 Å². The first-order valence-corrected chi connectivity index (χ1v) is 9.25. The number of rotatable bonds is 7. The number of esters is 1. The fourth-order valence-electron chi connectivity index (χ4n) is 2.81. The van der Waals surface area contributed by atoms with Crippen LogP contribution < -0.4 is 11.4 Å². The first kappa shape index (κ1) is 19.6. The lowest BCUT2D eigenvalue weighted by molar-refractivity contribution is -0.152. The summed E-state index contributed by atoms with van der Waals surface area (Å²) in [5, 5.41) is 0. The topological polar surface area (TPSA) is 132 Å². The first-order valence-electron chi connectivity index (χ1n) is 7.63. The van der Waals surface area contributed by atoms with Crippen LogP contribution >= 0.6 is 7.60 Å². The molecule has 0 aliphatic heterocycles. The molecule has 0 amide bonds. The van der Waals surface area contributed by atoms with Crippen molar-refractivity contribution in [3.63, 3.8) is 0 Å². The van der Waals surface area contributed by atoms with E-state index < -0.39 is 31.2 Å². The van der Waals surface area contributed by atoms with Crippen molar-refractivity contribution in [2.75, 3.05) is 27.1 Å². The zero-order chi connectivity index (χ0) is 18.6. The number of nitrogen functional groups attached to an aromatic ring is 1. The summed E-state index contributed by atoms with van der Waals surface area (Å²) in [5.74, 6) is -2.18. The second-order valence-electron chi connectivity index (χ2n) is 5.55. The van der Waals surface area contributed by atoms with E-state index in [2.05, 4.69) is 9.72 Å². The third kappa shape index (κ3) is 4.27. The maximum atomic E-state index is 12.5.